The maximum atomic E-state index is 12.5. The lowest BCUT2D eigenvalue weighted by molar-refractivity contribution is -0.137. The quantitative estimate of drug-likeness (QED) is 0.877. The van der Waals surface area contributed by atoms with Crippen LogP contribution in [0.5, 0.6) is 0 Å². The molecule has 1 nitrogen and oxygen atoms in total. The average molecular weight is 266 g/mol. The van der Waals surface area contributed by atoms with Gasteiger partial charge in [0, 0.05) is 5.54 Å². The summed E-state index contributed by atoms with van der Waals surface area (Å²) in [6, 6.07) is 3.82. The van der Waals surface area contributed by atoms with Gasteiger partial charge in [-0.05, 0) is 44.4 Å². The summed E-state index contributed by atoms with van der Waals surface area (Å²) in [5, 5.41) is -0.259. The van der Waals surface area contributed by atoms with Crippen LogP contribution < -0.4 is 5.73 Å². The van der Waals surface area contributed by atoms with E-state index in [0.29, 0.717) is 12.8 Å². The standard InChI is InChI=1S/C12H15ClF3N/c1-11(2,17)6-5-8-3-4-9(10(13)7-8)12(14,15)16/h3-4,7H,5-6,17H2,1-2H3. The summed E-state index contributed by atoms with van der Waals surface area (Å²) in [5.74, 6) is 0. The molecule has 1 rings (SSSR count). The number of aryl methyl sites for hydroxylation is 1. The zero-order chi connectivity index (χ0) is 13.3. The second-order valence-electron chi connectivity index (χ2n) is 4.80. The van der Waals surface area contributed by atoms with Gasteiger partial charge in [0.15, 0.2) is 0 Å². The molecule has 1 aromatic carbocycles. The summed E-state index contributed by atoms with van der Waals surface area (Å²) in [6.45, 7) is 3.75. The maximum absolute atomic E-state index is 12.5. The van der Waals surface area contributed by atoms with E-state index < -0.39 is 11.7 Å². The van der Waals surface area contributed by atoms with E-state index in [4.69, 9.17) is 17.3 Å². The monoisotopic (exact) mass is 265 g/mol. The van der Waals surface area contributed by atoms with Crippen LogP contribution in [0.2, 0.25) is 5.02 Å². The second kappa shape index (κ2) is 4.86. The summed E-state index contributed by atoms with van der Waals surface area (Å²) >= 11 is 5.61. The van der Waals surface area contributed by atoms with Gasteiger partial charge in [0.1, 0.15) is 0 Å². The van der Waals surface area contributed by atoms with Crippen molar-refractivity contribution in [1.82, 2.24) is 0 Å². The van der Waals surface area contributed by atoms with Gasteiger partial charge in [0.2, 0.25) is 0 Å². The van der Waals surface area contributed by atoms with Crippen molar-refractivity contribution in [2.45, 2.75) is 38.4 Å². The Hall–Kier alpha value is -0.740. The number of hydrogen-bond acceptors (Lipinski definition) is 1. The summed E-state index contributed by atoms with van der Waals surface area (Å²) in [6.07, 6.45) is -3.10. The molecule has 0 radical (unpaired) electrons. The predicted molar refractivity (Wildman–Crippen MR) is 63.0 cm³/mol. The molecule has 0 aliphatic heterocycles. The highest BCUT2D eigenvalue weighted by Crippen LogP contribution is 2.35. The lowest BCUT2D eigenvalue weighted by Crippen LogP contribution is -2.32. The second-order valence-corrected chi connectivity index (χ2v) is 5.21. The Balaban J connectivity index is 2.83. The minimum absolute atomic E-state index is 0.259. The number of nitrogens with two attached hydrogens (primary N) is 1. The van der Waals surface area contributed by atoms with Crippen molar-refractivity contribution in [3.63, 3.8) is 0 Å². The Morgan fingerprint density at radius 3 is 2.24 bits per heavy atom. The maximum Gasteiger partial charge on any atom is 0.417 e. The fraction of sp³-hybridized carbons (Fsp3) is 0.500. The summed E-state index contributed by atoms with van der Waals surface area (Å²) in [5.41, 5.74) is 5.44. The minimum Gasteiger partial charge on any atom is -0.326 e. The van der Waals surface area contributed by atoms with E-state index >= 15 is 0 Å². The highest BCUT2D eigenvalue weighted by atomic mass is 35.5. The van der Waals surface area contributed by atoms with Crippen LogP contribution in [0.15, 0.2) is 18.2 Å². The van der Waals surface area contributed by atoms with Gasteiger partial charge in [0.05, 0.1) is 10.6 Å². The van der Waals surface area contributed by atoms with Gasteiger partial charge in [-0.15, -0.1) is 0 Å². The van der Waals surface area contributed by atoms with Gasteiger partial charge in [-0.2, -0.15) is 13.2 Å². The molecule has 0 unspecified atom stereocenters. The molecule has 5 heteroatoms. The summed E-state index contributed by atoms with van der Waals surface area (Å²) < 4.78 is 37.4. The van der Waals surface area contributed by atoms with Gasteiger partial charge in [-0.25, -0.2) is 0 Å². The molecule has 0 saturated carbocycles. The SMILES string of the molecule is CC(C)(N)CCc1ccc(C(F)(F)F)c(Cl)c1. The molecule has 96 valence electrons. The van der Waals surface area contributed by atoms with Crippen molar-refractivity contribution in [3.05, 3.63) is 34.3 Å². The predicted octanol–water partition coefficient (Wildman–Crippen LogP) is 4.03. The van der Waals surface area contributed by atoms with E-state index in [2.05, 4.69) is 0 Å². The molecule has 1 aromatic rings. The zero-order valence-electron chi connectivity index (χ0n) is 9.74. The van der Waals surface area contributed by atoms with Gasteiger partial charge in [0.25, 0.3) is 0 Å². The minimum atomic E-state index is -4.40. The molecule has 0 amide bonds. The lowest BCUT2D eigenvalue weighted by atomic mass is 9.96. The topological polar surface area (TPSA) is 26.0 Å². The largest absolute Gasteiger partial charge is 0.417 e. The normalized spacial score (nSPS) is 12.9. The van der Waals surface area contributed by atoms with Gasteiger partial charge < -0.3 is 5.73 Å². The first-order chi connectivity index (χ1) is 7.59. The molecule has 0 saturated heterocycles. The van der Waals surface area contributed by atoms with Crippen molar-refractivity contribution < 1.29 is 13.2 Å². The third-order valence-electron chi connectivity index (χ3n) is 2.40. The number of benzene rings is 1. The molecular weight excluding hydrogens is 251 g/mol. The first-order valence-corrected chi connectivity index (χ1v) is 5.62. The fourth-order valence-corrected chi connectivity index (χ4v) is 1.72. The molecule has 2 N–H and O–H groups in total. The fourth-order valence-electron chi connectivity index (χ4n) is 1.41. The smallest absolute Gasteiger partial charge is 0.326 e. The van der Waals surface area contributed by atoms with Crippen molar-refractivity contribution in [3.8, 4) is 0 Å². The Morgan fingerprint density at radius 2 is 1.82 bits per heavy atom. The molecule has 0 atom stereocenters. The Kier molecular flexibility index (Phi) is 4.10. The molecule has 0 aliphatic carbocycles. The van der Waals surface area contributed by atoms with Crippen molar-refractivity contribution in [2.75, 3.05) is 0 Å². The van der Waals surface area contributed by atoms with Gasteiger partial charge in [-0.1, -0.05) is 17.7 Å². The summed E-state index contributed by atoms with van der Waals surface area (Å²) in [4.78, 5) is 0. The number of alkyl halides is 3. The van der Waals surface area contributed by atoms with E-state index in [1.165, 1.54) is 12.1 Å². The first kappa shape index (κ1) is 14.3. The lowest BCUT2D eigenvalue weighted by Gasteiger charge is -2.18. The Morgan fingerprint density at radius 1 is 1.24 bits per heavy atom. The van der Waals surface area contributed by atoms with E-state index in [0.717, 1.165) is 11.6 Å². The van der Waals surface area contributed by atoms with Crippen molar-refractivity contribution >= 4 is 11.6 Å². The first-order valence-electron chi connectivity index (χ1n) is 5.24. The Bertz CT molecular complexity index is 394. The number of rotatable bonds is 3. The highest BCUT2D eigenvalue weighted by Gasteiger charge is 2.32. The molecule has 0 heterocycles. The van der Waals surface area contributed by atoms with Crippen LogP contribution in [0.25, 0.3) is 0 Å². The van der Waals surface area contributed by atoms with E-state index in [1.807, 2.05) is 13.8 Å². The molecule has 0 aliphatic rings. The Labute approximate surface area is 104 Å². The molecule has 0 spiro atoms. The highest BCUT2D eigenvalue weighted by molar-refractivity contribution is 6.31. The summed E-state index contributed by atoms with van der Waals surface area (Å²) in [7, 11) is 0. The van der Waals surface area contributed by atoms with Crippen LogP contribution >= 0.6 is 11.6 Å². The van der Waals surface area contributed by atoms with Crippen molar-refractivity contribution in [2.24, 2.45) is 5.73 Å². The third kappa shape index (κ3) is 4.56. The molecular formula is C12H15ClF3N. The van der Waals surface area contributed by atoms with Crippen LogP contribution in [0.1, 0.15) is 31.4 Å². The zero-order valence-corrected chi connectivity index (χ0v) is 10.5. The van der Waals surface area contributed by atoms with E-state index in [-0.39, 0.29) is 10.6 Å². The third-order valence-corrected chi connectivity index (χ3v) is 2.71. The number of halogens is 4. The van der Waals surface area contributed by atoms with Crippen LogP contribution in [0, 0.1) is 0 Å². The molecule has 17 heavy (non-hydrogen) atoms. The van der Waals surface area contributed by atoms with Crippen LogP contribution in [0.4, 0.5) is 13.2 Å². The van der Waals surface area contributed by atoms with Crippen molar-refractivity contribution in [1.29, 1.82) is 0 Å². The van der Waals surface area contributed by atoms with Crippen LogP contribution in [-0.4, -0.2) is 5.54 Å². The van der Waals surface area contributed by atoms with Crippen LogP contribution in [-0.2, 0) is 12.6 Å². The van der Waals surface area contributed by atoms with E-state index in [9.17, 15) is 13.2 Å². The molecule has 0 fully saturated rings. The van der Waals surface area contributed by atoms with Crippen LogP contribution in [0.3, 0.4) is 0 Å². The molecule has 0 bridgehead atoms. The van der Waals surface area contributed by atoms with E-state index in [1.54, 1.807) is 0 Å². The number of hydrogen-bond donors (Lipinski definition) is 1. The average Bonchev–Trinajstić information content (AvgIpc) is 2.11. The van der Waals surface area contributed by atoms with Gasteiger partial charge in [-0.3, -0.25) is 0 Å². The van der Waals surface area contributed by atoms with Gasteiger partial charge >= 0.3 is 6.18 Å². The molecule has 0 aromatic heterocycles.